The number of nitrogens with two attached hydrogens (primary N) is 1. The number of rotatable bonds is 2. The Morgan fingerprint density at radius 1 is 1.33 bits per heavy atom. The molecular formula is C7H7F2NO2. The molecule has 0 aliphatic carbocycles. The lowest BCUT2D eigenvalue weighted by atomic mass is 10.2. The summed E-state index contributed by atoms with van der Waals surface area (Å²) in [5.41, 5.74) is 0.0106. The van der Waals surface area contributed by atoms with E-state index in [0.717, 1.165) is 6.07 Å². The largest absolute Gasteiger partial charge is 0.505 e. The van der Waals surface area contributed by atoms with Crippen LogP contribution < -0.4 is 5.90 Å². The summed E-state index contributed by atoms with van der Waals surface area (Å²) in [6.07, 6.45) is 0. The normalized spacial score (nSPS) is 10.2. The van der Waals surface area contributed by atoms with Crippen LogP contribution in [0.4, 0.5) is 8.78 Å². The van der Waals surface area contributed by atoms with Crippen molar-refractivity contribution in [1.29, 1.82) is 0 Å². The summed E-state index contributed by atoms with van der Waals surface area (Å²) in [5, 5.41) is 8.81. The highest BCUT2D eigenvalue weighted by molar-refractivity contribution is 5.29. The molecule has 0 amide bonds. The zero-order chi connectivity index (χ0) is 9.14. The molecule has 0 radical (unpaired) electrons. The fraction of sp³-hybridized carbons (Fsp3) is 0.143. The molecule has 1 aromatic carbocycles. The number of hydrogen-bond acceptors (Lipinski definition) is 3. The molecule has 0 saturated carbocycles. The van der Waals surface area contributed by atoms with Crippen LogP contribution in [0, 0.1) is 11.6 Å². The van der Waals surface area contributed by atoms with Gasteiger partial charge in [0.2, 0.25) is 0 Å². The van der Waals surface area contributed by atoms with Gasteiger partial charge in [0.05, 0.1) is 6.61 Å². The third-order valence-corrected chi connectivity index (χ3v) is 1.35. The third-order valence-electron chi connectivity index (χ3n) is 1.35. The van der Waals surface area contributed by atoms with Crippen molar-refractivity contribution in [3.63, 3.8) is 0 Å². The predicted octanol–water partition coefficient (Wildman–Crippen LogP) is 1.06. The van der Waals surface area contributed by atoms with Gasteiger partial charge in [0.1, 0.15) is 5.82 Å². The summed E-state index contributed by atoms with van der Waals surface area (Å²) in [7, 11) is 0. The quantitative estimate of drug-likeness (QED) is 0.661. The van der Waals surface area contributed by atoms with Gasteiger partial charge in [-0.1, -0.05) is 0 Å². The molecule has 0 aromatic heterocycles. The van der Waals surface area contributed by atoms with Crippen LogP contribution in [-0.4, -0.2) is 5.11 Å². The molecule has 0 atom stereocenters. The van der Waals surface area contributed by atoms with Crippen molar-refractivity contribution in [3.05, 3.63) is 29.3 Å². The number of aromatic hydroxyl groups is 1. The van der Waals surface area contributed by atoms with Crippen molar-refractivity contribution in [2.45, 2.75) is 6.61 Å². The highest BCUT2D eigenvalue weighted by Crippen LogP contribution is 2.20. The second-order valence-electron chi connectivity index (χ2n) is 2.21. The van der Waals surface area contributed by atoms with E-state index in [1.165, 1.54) is 0 Å². The smallest absolute Gasteiger partial charge is 0.167 e. The Morgan fingerprint density at radius 2 is 2.00 bits per heavy atom. The van der Waals surface area contributed by atoms with Crippen molar-refractivity contribution in [3.8, 4) is 5.75 Å². The van der Waals surface area contributed by atoms with Crippen molar-refractivity contribution < 1.29 is 18.7 Å². The maximum Gasteiger partial charge on any atom is 0.167 e. The number of hydrogen-bond donors (Lipinski definition) is 2. The van der Waals surface area contributed by atoms with Crippen LogP contribution in [0.1, 0.15) is 5.56 Å². The van der Waals surface area contributed by atoms with E-state index in [0.29, 0.717) is 6.07 Å². The minimum atomic E-state index is -1.01. The maximum atomic E-state index is 12.7. The van der Waals surface area contributed by atoms with Gasteiger partial charge in [0.25, 0.3) is 0 Å². The Kier molecular flexibility index (Phi) is 2.57. The molecule has 0 heterocycles. The summed E-state index contributed by atoms with van der Waals surface area (Å²) >= 11 is 0. The number of phenolic OH excluding ortho intramolecular Hbond substituents is 1. The third kappa shape index (κ3) is 1.69. The monoisotopic (exact) mass is 175 g/mol. The lowest BCUT2D eigenvalue weighted by Gasteiger charge is -2.02. The second kappa shape index (κ2) is 3.46. The highest BCUT2D eigenvalue weighted by atomic mass is 19.1. The number of phenols is 1. The predicted molar refractivity (Wildman–Crippen MR) is 37.0 cm³/mol. The topological polar surface area (TPSA) is 55.5 Å². The Hall–Kier alpha value is -1.20. The van der Waals surface area contributed by atoms with Gasteiger partial charge in [-0.25, -0.2) is 14.7 Å². The van der Waals surface area contributed by atoms with Gasteiger partial charge >= 0.3 is 0 Å². The first-order chi connectivity index (χ1) is 5.65. The van der Waals surface area contributed by atoms with Crippen molar-refractivity contribution in [2.75, 3.05) is 0 Å². The van der Waals surface area contributed by atoms with E-state index in [1.54, 1.807) is 0 Å². The van der Waals surface area contributed by atoms with E-state index in [-0.39, 0.29) is 12.2 Å². The van der Waals surface area contributed by atoms with Crippen LogP contribution in [0.5, 0.6) is 5.75 Å². The molecule has 0 fully saturated rings. The first-order valence-corrected chi connectivity index (χ1v) is 3.13. The molecular weight excluding hydrogens is 168 g/mol. The molecule has 0 aliphatic heterocycles. The van der Waals surface area contributed by atoms with Gasteiger partial charge in [0, 0.05) is 11.6 Å². The summed E-state index contributed by atoms with van der Waals surface area (Å²) in [6.45, 7) is -0.209. The SMILES string of the molecule is NOCc1cc(O)c(F)cc1F. The Balaban J connectivity index is 3.05. The van der Waals surface area contributed by atoms with Gasteiger partial charge < -0.3 is 5.11 Å². The first-order valence-electron chi connectivity index (χ1n) is 3.13. The van der Waals surface area contributed by atoms with Gasteiger partial charge in [0.15, 0.2) is 11.6 Å². The van der Waals surface area contributed by atoms with Crippen molar-refractivity contribution >= 4 is 0 Å². The summed E-state index contributed by atoms with van der Waals surface area (Å²) in [6, 6.07) is 1.50. The maximum absolute atomic E-state index is 12.7. The highest BCUT2D eigenvalue weighted by Gasteiger charge is 2.08. The van der Waals surface area contributed by atoms with E-state index in [2.05, 4.69) is 10.7 Å². The molecule has 66 valence electrons. The summed E-state index contributed by atoms with van der Waals surface area (Å²) < 4.78 is 25.2. The molecule has 5 heteroatoms. The van der Waals surface area contributed by atoms with Crippen molar-refractivity contribution in [2.24, 2.45) is 5.90 Å². The van der Waals surface area contributed by atoms with E-state index in [4.69, 9.17) is 5.11 Å². The van der Waals surface area contributed by atoms with Crippen LogP contribution in [0.3, 0.4) is 0 Å². The molecule has 3 N–H and O–H groups in total. The van der Waals surface area contributed by atoms with Crippen LogP contribution in [0.2, 0.25) is 0 Å². The summed E-state index contributed by atoms with van der Waals surface area (Å²) in [5.74, 6) is 2.25. The van der Waals surface area contributed by atoms with Gasteiger partial charge in [-0.05, 0) is 6.07 Å². The lowest BCUT2D eigenvalue weighted by molar-refractivity contribution is 0.121. The van der Waals surface area contributed by atoms with Gasteiger partial charge in [-0.2, -0.15) is 0 Å². The lowest BCUT2D eigenvalue weighted by Crippen LogP contribution is -2.01. The van der Waals surface area contributed by atoms with Crippen LogP contribution in [0.15, 0.2) is 12.1 Å². The molecule has 0 aliphatic rings. The van der Waals surface area contributed by atoms with Gasteiger partial charge in [-0.15, -0.1) is 0 Å². The molecule has 12 heavy (non-hydrogen) atoms. The molecule has 0 unspecified atom stereocenters. The zero-order valence-corrected chi connectivity index (χ0v) is 6.05. The molecule has 0 bridgehead atoms. The minimum absolute atomic E-state index is 0.0106. The van der Waals surface area contributed by atoms with Crippen LogP contribution >= 0.6 is 0 Å². The minimum Gasteiger partial charge on any atom is -0.505 e. The van der Waals surface area contributed by atoms with Crippen LogP contribution in [-0.2, 0) is 11.4 Å². The fourth-order valence-corrected chi connectivity index (χ4v) is 0.781. The molecule has 1 aromatic rings. The van der Waals surface area contributed by atoms with E-state index in [9.17, 15) is 8.78 Å². The average molecular weight is 175 g/mol. The van der Waals surface area contributed by atoms with Crippen molar-refractivity contribution in [1.82, 2.24) is 0 Å². The van der Waals surface area contributed by atoms with E-state index < -0.39 is 17.4 Å². The van der Waals surface area contributed by atoms with Crippen LogP contribution in [0.25, 0.3) is 0 Å². The Bertz CT molecular complexity index is 291. The molecule has 0 spiro atoms. The molecule has 3 nitrogen and oxygen atoms in total. The Labute approximate surface area is 67.3 Å². The molecule has 1 rings (SSSR count). The average Bonchev–Trinajstić information content (AvgIpc) is 2.01. The first kappa shape index (κ1) is 8.89. The second-order valence-corrected chi connectivity index (χ2v) is 2.21. The van der Waals surface area contributed by atoms with E-state index in [1.807, 2.05) is 0 Å². The summed E-state index contributed by atoms with van der Waals surface area (Å²) in [4.78, 5) is 4.13. The van der Waals surface area contributed by atoms with Gasteiger partial charge in [-0.3, -0.25) is 4.84 Å². The molecule has 0 saturated heterocycles. The fourth-order valence-electron chi connectivity index (χ4n) is 0.781. The number of halogens is 2. The standard InChI is InChI=1S/C7H7F2NO2/c8-5-2-6(9)7(11)1-4(5)3-12-10/h1-2,11H,3,10H2. The Morgan fingerprint density at radius 3 is 2.58 bits per heavy atom. The van der Waals surface area contributed by atoms with E-state index >= 15 is 0 Å². The number of benzene rings is 1. The zero-order valence-electron chi connectivity index (χ0n) is 6.05.